The maximum atomic E-state index is 14.0. The van der Waals surface area contributed by atoms with Crippen molar-refractivity contribution in [2.45, 2.75) is 26.3 Å². The molecule has 0 aliphatic carbocycles. The summed E-state index contributed by atoms with van der Waals surface area (Å²) in [5, 5.41) is 3.21. The van der Waals surface area contributed by atoms with Gasteiger partial charge in [0.2, 0.25) is 0 Å². The molecule has 0 radical (unpaired) electrons. The zero-order valence-electron chi connectivity index (χ0n) is 11.7. The van der Waals surface area contributed by atoms with Crippen molar-refractivity contribution in [1.29, 1.82) is 0 Å². The highest BCUT2D eigenvalue weighted by atomic mass is 19.1. The zero-order valence-corrected chi connectivity index (χ0v) is 11.7. The van der Waals surface area contributed by atoms with Crippen LogP contribution in [0.1, 0.15) is 28.3 Å². The second kappa shape index (κ2) is 5.98. The molecule has 0 aliphatic rings. The van der Waals surface area contributed by atoms with E-state index in [2.05, 4.69) is 30.4 Å². The van der Waals surface area contributed by atoms with Crippen molar-refractivity contribution in [3.63, 3.8) is 0 Å². The lowest BCUT2D eigenvalue weighted by atomic mass is 9.97. The molecule has 0 fully saturated rings. The van der Waals surface area contributed by atoms with Crippen LogP contribution >= 0.6 is 0 Å². The highest BCUT2D eigenvalue weighted by Crippen LogP contribution is 2.22. The molecule has 0 heterocycles. The number of halogens is 1. The van der Waals surface area contributed by atoms with Gasteiger partial charge in [0.05, 0.1) is 0 Å². The quantitative estimate of drug-likeness (QED) is 0.874. The van der Waals surface area contributed by atoms with Crippen LogP contribution < -0.4 is 5.32 Å². The number of aryl methyl sites for hydroxylation is 2. The number of likely N-dealkylation sites (N-methyl/N-ethyl adjacent to an activating group) is 1. The Morgan fingerprint density at radius 1 is 1.05 bits per heavy atom. The lowest BCUT2D eigenvalue weighted by molar-refractivity contribution is 0.533. The van der Waals surface area contributed by atoms with Crippen LogP contribution in [0.5, 0.6) is 0 Å². The van der Waals surface area contributed by atoms with E-state index >= 15 is 0 Å². The van der Waals surface area contributed by atoms with Crippen molar-refractivity contribution in [2.75, 3.05) is 7.05 Å². The van der Waals surface area contributed by atoms with E-state index in [4.69, 9.17) is 0 Å². The van der Waals surface area contributed by atoms with E-state index in [0.29, 0.717) is 0 Å². The molecule has 0 spiro atoms. The minimum Gasteiger partial charge on any atom is -0.313 e. The lowest BCUT2D eigenvalue weighted by Gasteiger charge is -2.18. The summed E-state index contributed by atoms with van der Waals surface area (Å²) in [5.41, 5.74) is 4.14. The minimum atomic E-state index is -0.132. The van der Waals surface area contributed by atoms with Gasteiger partial charge in [-0.1, -0.05) is 42.0 Å². The first kappa shape index (κ1) is 13.8. The normalized spacial score (nSPS) is 12.4. The Morgan fingerprint density at radius 2 is 1.79 bits per heavy atom. The van der Waals surface area contributed by atoms with Crippen molar-refractivity contribution < 1.29 is 4.39 Å². The smallest absolute Gasteiger partial charge is 0.128 e. The van der Waals surface area contributed by atoms with Crippen LogP contribution in [-0.2, 0) is 6.42 Å². The highest BCUT2D eigenvalue weighted by molar-refractivity contribution is 5.29. The van der Waals surface area contributed by atoms with E-state index in [1.54, 1.807) is 6.07 Å². The molecule has 100 valence electrons. The number of nitrogens with one attached hydrogen (secondary N) is 1. The van der Waals surface area contributed by atoms with Gasteiger partial charge in [0, 0.05) is 11.6 Å². The fraction of sp³-hybridized carbons (Fsp3) is 0.294. The SMILES string of the molecule is CNC(Cc1cccc(C)c1)c1ccc(C)cc1F. The number of hydrogen-bond donors (Lipinski definition) is 1. The number of benzene rings is 2. The van der Waals surface area contributed by atoms with Crippen LogP contribution in [0.4, 0.5) is 4.39 Å². The molecule has 19 heavy (non-hydrogen) atoms. The van der Waals surface area contributed by atoms with E-state index < -0.39 is 0 Å². The summed E-state index contributed by atoms with van der Waals surface area (Å²) in [6, 6.07) is 13.8. The molecule has 2 rings (SSSR count). The van der Waals surface area contributed by atoms with Gasteiger partial charge in [0.1, 0.15) is 5.82 Å². The predicted octanol–water partition coefficient (Wildman–Crippen LogP) is 3.95. The van der Waals surface area contributed by atoms with Gasteiger partial charge in [-0.3, -0.25) is 0 Å². The average molecular weight is 257 g/mol. The second-order valence-electron chi connectivity index (χ2n) is 5.06. The van der Waals surface area contributed by atoms with Crippen LogP contribution in [0.25, 0.3) is 0 Å². The maximum Gasteiger partial charge on any atom is 0.128 e. The molecule has 0 amide bonds. The molecule has 2 aromatic rings. The fourth-order valence-corrected chi connectivity index (χ4v) is 2.36. The first-order valence-corrected chi connectivity index (χ1v) is 6.59. The van der Waals surface area contributed by atoms with Crippen molar-refractivity contribution in [2.24, 2.45) is 0 Å². The van der Waals surface area contributed by atoms with Crippen molar-refractivity contribution in [3.8, 4) is 0 Å². The van der Waals surface area contributed by atoms with Gasteiger partial charge < -0.3 is 5.32 Å². The minimum absolute atomic E-state index is 0.00222. The summed E-state index contributed by atoms with van der Waals surface area (Å²) in [6.45, 7) is 3.98. The molecule has 0 aliphatic heterocycles. The van der Waals surface area contributed by atoms with Crippen LogP contribution in [0, 0.1) is 19.7 Å². The molecule has 1 atom stereocenters. The van der Waals surface area contributed by atoms with Gasteiger partial charge in [-0.05, 0) is 44.5 Å². The summed E-state index contributed by atoms with van der Waals surface area (Å²) in [5.74, 6) is -0.132. The lowest BCUT2D eigenvalue weighted by Crippen LogP contribution is -2.20. The first-order chi connectivity index (χ1) is 9.10. The Morgan fingerprint density at radius 3 is 2.42 bits per heavy atom. The Bertz CT molecular complexity index is 563. The van der Waals surface area contributed by atoms with Crippen molar-refractivity contribution >= 4 is 0 Å². The molecule has 2 heteroatoms. The van der Waals surface area contributed by atoms with E-state index in [-0.39, 0.29) is 11.9 Å². The highest BCUT2D eigenvalue weighted by Gasteiger charge is 2.14. The summed E-state index contributed by atoms with van der Waals surface area (Å²) in [4.78, 5) is 0. The van der Waals surface area contributed by atoms with Crippen molar-refractivity contribution in [3.05, 3.63) is 70.5 Å². The largest absolute Gasteiger partial charge is 0.313 e. The van der Waals surface area contributed by atoms with E-state index in [0.717, 1.165) is 17.5 Å². The zero-order chi connectivity index (χ0) is 13.8. The Labute approximate surface area is 114 Å². The first-order valence-electron chi connectivity index (χ1n) is 6.59. The van der Waals surface area contributed by atoms with Crippen LogP contribution in [0.3, 0.4) is 0 Å². The van der Waals surface area contributed by atoms with E-state index in [9.17, 15) is 4.39 Å². The third-order valence-electron chi connectivity index (χ3n) is 3.40. The monoisotopic (exact) mass is 257 g/mol. The van der Waals surface area contributed by atoms with Crippen LogP contribution in [0.2, 0.25) is 0 Å². The van der Waals surface area contributed by atoms with Gasteiger partial charge in [0.15, 0.2) is 0 Å². The molecule has 0 saturated heterocycles. The summed E-state index contributed by atoms with van der Waals surface area (Å²) in [6.07, 6.45) is 0.790. The third-order valence-corrected chi connectivity index (χ3v) is 3.40. The van der Waals surface area contributed by atoms with Gasteiger partial charge in [-0.2, -0.15) is 0 Å². The van der Waals surface area contributed by atoms with E-state index in [1.165, 1.54) is 11.1 Å². The Kier molecular flexibility index (Phi) is 4.33. The standard InChI is InChI=1S/C17H20FN/c1-12-5-4-6-14(9-12)11-17(19-3)15-8-7-13(2)10-16(15)18/h4-10,17,19H,11H2,1-3H3. The van der Waals surface area contributed by atoms with Gasteiger partial charge in [0.25, 0.3) is 0 Å². The topological polar surface area (TPSA) is 12.0 Å². The molecule has 0 aromatic heterocycles. The maximum absolute atomic E-state index is 14.0. The van der Waals surface area contributed by atoms with Gasteiger partial charge in [-0.15, -0.1) is 0 Å². The van der Waals surface area contributed by atoms with Crippen LogP contribution in [-0.4, -0.2) is 7.05 Å². The molecular formula is C17H20FN. The fourth-order valence-electron chi connectivity index (χ4n) is 2.36. The number of rotatable bonds is 4. The van der Waals surface area contributed by atoms with Crippen LogP contribution in [0.15, 0.2) is 42.5 Å². The summed E-state index contributed by atoms with van der Waals surface area (Å²) < 4.78 is 14.0. The van der Waals surface area contributed by atoms with Crippen molar-refractivity contribution in [1.82, 2.24) is 5.32 Å². The number of hydrogen-bond acceptors (Lipinski definition) is 1. The second-order valence-corrected chi connectivity index (χ2v) is 5.06. The third kappa shape index (κ3) is 3.42. The Balaban J connectivity index is 2.25. The Hall–Kier alpha value is -1.67. The van der Waals surface area contributed by atoms with E-state index in [1.807, 2.05) is 32.2 Å². The molecule has 1 nitrogen and oxygen atoms in total. The molecule has 1 unspecified atom stereocenters. The molecule has 0 saturated carbocycles. The summed E-state index contributed by atoms with van der Waals surface area (Å²) in [7, 11) is 1.87. The predicted molar refractivity (Wildman–Crippen MR) is 77.8 cm³/mol. The summed E-state index contributed by atoms with van der Waals surface area (Å²) >= 11 is 0. The molecule has 0 bridgehead atoms. The average Bonchev–Trinajstić information content (AvgIpc) is 2.37. The van der Waals surface area contributed by atoms with Gasteiger partial charge >= 0.3 is 0 Å². The molecule has 2 aromatic carbocycles. The molecule has 1 N–H and O–H groups in total. The molecular weight excluding hydrogens is 237 g/mol. The van der Waals surface area contributed by atoms with Gasteiger partial charge in [-0.25, -0.2) is 4.39 Å².